The highest BCUT2D eigenvalue weighted by Crippen LogP contribution is 2.40. The van der Waals surface area contributed by atoms with Crippen molar-refractivity contribution < 1.29 is 41.5 Å². The first-order valence-electron chi connectivity index (χ1n) is 19.2. The van der Waals surface area contributed by atoms with Crippen molar-refractivity contribution >= 4 is 63.7 Å². The van der Waals surface area contributed by atoms with E-state index < -0.39 is 47.6 Å². The van der Waals surface area contributed by atoms with Crippen LogP contribution in [0.2, 0.25) is 0 Å². The fourth-order valence-corrected chi connectivity index (χ4v) is 8.10. The summed E-state index contributed by atoms with van der Waals surface area (Å²) in [4.78, 5) is 58.7. The number of nitrogens with zero attached hydrogens (tertiary/aromatic N) is 5. The van der Waals surface area contributed by atoms with E-state index in [2.05, 4.69) is 25.8 Å². The lowest BCUT2D eigenvalue weighted by Gasteiger charge is -2.35. The smallest absolute Gasteiger partial charge is 0.419 e. The third-order valence-corrected chi connectivity index (χ3v) is 11.3. The van der Waals surface area contributed by atoms with Gasteiger partial charge in [0, 0.05) is 29.9 Å². The average Bonchev–Trinajstić information content (AvgIpc) is 3.37. The molecule has 3 aliphatic heterocycles. The van der Waals surface area contributed by atoms with Gasteiger partial charge in [-0.25, -0.2) is 4.98 Å². The molecule has 6 rings (SSSR count). The van der Waals surface area contributed by atoms with Crippen LogP contribution in [0, 0.1) is 17.2 Å². The molecular weight excluding hydrogens is 793 g/mol. The van der Waals surface area contributed by atoms with E-state index in [1.54, 1.807) is 56.3 Å². The fraction of sp³-hybridized carbons (Fsp3) is 0.439. The van der Waals surface area contributed by atoms with Crippen LogP contribution in [0.15, 0.2) is 54.7 Å². The van der Waals surface area contributed by atoms with Crippen molar-refractivity contribution in [2.24, 2.45) is 5.92 Å². The van der Waals surface area contributed by atoms with E-state index in [9.17, 15) is 36.7 Å². The van der Waals surface area contributed by atoms with Gasteiger partial charge in [-0.2, -0.15) is 18.4 Å². The molecule has 3 fully saturated rings. The zero-order valence-corrected chi connectivity index (χ0v) is 33.5. The number of carbonyl (C=O) groups is 4. The zero-order chi connectivity index (χ0) is 42.6. The molecule has 13 nitrogen and oxygen atoms in total. The number of pyridine rings is 1. The number of thiocarbonyl (C=S) groups is 1. The predicted molar refractivity (Wildman–Crippen MR) is 215 cm³/mol. The van der Waals surface area contributed by atoms with Crippen molar-refractivity contribution in [3.05, 3.63) is 71.5 Å². The number of aromatic nitrogens is 1. The topological polar surface area (TPSA) is 160 Å². The van der Waals surface area contributed by atoms with Crippen LogP contribution in [-0.2, 0) is 31.8 Å². The third-order valence-electron chi connectivity index (χ3n) is 10.9. The molecule has 3 aromatic rings. The van der Waals surface area contributed by atoms with Gasteiger partial charge < -0.3 is 20.3 Å². The average molecular weight is 837 g/mol. The van der Waals surface area contributed by atoms with Crippen LogP contribution in [0.1, 0.15) is 69.7 Å². The van der Waals surface area contributed by atoms with Gasteiger partial charge in [-0.15, -0.1) is 0 Å². The maximum Gasteiger partial charge on any atom is 0.419 e. The highest BCUT2D eigenvalue weighted by atomic mass is 32.1. The normalized spacial score (nSPS) is 19.3. The van der Waals surface area contributed by atoms with E-state index in [1.807, 2.05) is 6.92 Å². The van der Waals surface area contributed by atoms with Crippen molar-refractivity contribution in [1.29, 1.82) is 5.26 Å². The molecule has 3 aliphatic rings. The number of anilines is 4. The van der Waals surface area contributed by atoms with Crippen LogP contribution in [0.25, 0.3) is 0 Å². The Hall–Kier alpha value is -5.67. The van der Waals surface area contributed by atoms with Crippen molar-refractivity contribution in [2.45, 2.75) is 83.1 Å². The summed E-state index contributed by atoms with van der Waals surface area (Å²) in [6.07, 6.45) is -0.839. The summed E-state index contributed by atoms with van der Waals surface area (Å²) in [5.41, 5.74) is -1.51. The molecule has 2 aromatic carbocycles. The Morgan fingerprint density at radius 3 is 2.49 bits per heavy atom. The Morgan fingerprint density at radius 1 is 1.08 bits per heavy atom. The van der Waals surface area contributed by atoms with E-state index in [0.717, 1.165) is 30.4 Å². The number of aryl methyl sites for hydroxylation is 1. The number of hydrogen-bond acceptors (Lipinski definition) is 10. The lowest BCUT2D eigenvalue weighted by molar-refractivity contribution is -0.138. The second-order valence-corrected chi connectivity index (χ2v) is 15.6. The molecule has 2 atom stereocenters. The first kappa shape index (κ1) is 42.9. The molecule has 1 aromatic heterocycles. The summed E-state index contributed by atoms with van der Waals surface area (Å²) in [6.45, 7) is 6.08. The Balaban J connectivity index is 1.02. The van der Waals surface area contributed by atoms with Gasteiger partial charge in [0.15, 0.2) is 10.8 Å². The van der Waals surface area contributed by atoms with Gasteiger partial charge >= 0.3 is 6.18 Å². The Labute approximate surface area is 344 Å². The maximum absolute atomic E-state index is 13.8. The number of alkyl halides is 4. The van der Waals surface area contributed by atoms with Gasteiger partial charge in [-0.1, -0.05) is 6.07 Å². The Kier molecular flexibility index (Phi) is 12.9. The van der Waals surface area contributed by atoms with Crippen LogP contribution in [0.3, 0.4) is 0 Å². The van der Waals surface area contributed by atoms with Crippen LogP contribution >= 0.6 is 12.2 Å². The molecule has 1 unspecified atom stereocenters. The summed E-state index contributed by atoms with van der Waals surface area (Å²) in [5.74, 6) is -0.655. The number of likely N-dealkylation sites (tertiary alicyclic amines) is 1. The van der Waals surface area contributed by atoms with Crippen molar-refractivity contribution in [3.8, 4) is 11.8 Å². The molecule has 3 N–H and O–H groups in total. The number of piperidine rings is 2. The number of hydrogen-bond donors (Lipinski definition) is 3. The summed E-state index contributed by atoms with van der Waals surface area (Å²) in [5, 5.41) is 17.5. The van der Waals surface area contributed by atoms with E-state index in [1.165, 1.54) is 11.0 Å². The maximum atomic E-state index is 13.8. The second-order valence-electron chi connectivity index (χ2n) is 15.3. The molecule has 4 amide bonds. The van der Waals surface area contributed by atoms with Gasteiger partial charge in [-0.05, 0) is 126 Å². The van der Waals surface area contributed by atoms with Crippen LogP contribution in [-0.4, -0.2) is 82.6 Å². The monoisotopic (exact) mass is 836 g/mol. The van der Waals surface area contributed by atoms with E-state index in [4.69, 9.17) is 22.2 Å². The Bertz CT molecular complexity index is 2170. The SMILES string of the molecule is C[C@H](C(=O)Nc1cccc(NC2CCC(=O)NC2=O)c1)N1CCC(CCOc2ccc(N3C(=S)N(c4cnc(C#N)c(C(F)(F)F)c4)C(=O)C3(C)C)cc2CCF)CC1. The molecule has 18 heteroatoms. The zero-order valence-electron chi connectivity index (χ0n) is 32.7. The van der Waals surface area contributed by atoms with E-state index >= 15 is 0 Å². The summed E-state index contributed by atoms with van der Waals surface area (Å²) in [6, 6.07) is 13.2. The molecule has 0 aliphatic carbocycles. The standard InChI is InChI=1S/C41H44F4N8O5S/c1-24(36(55)49-28-6-4-5-27(20-28)48-32-8-10-35(54)50-37(32)56)51-16-12-25(13-17-51)14-18-58-34-9-7-29(19-26(34)11-15-42)53-39(59)52(38(57)40(53,2)3)30-21-31(41(43,44)45)33(22-46)47-23-30/h4-7,9,19-21,23-25,32,48H,8,10-18H2,1-3H3,(H,49,55)(H,50,54,56)/t24-,32?/m1/s1. The minimum absolute atomic E-state index is 0.00926. The highest BCUT2D eigenvalue weighted by molar-refractivity contribution is 7.81. The number of rotatable bonds is 13. The highest BCUT2D eigenvalue weighted by Gasteiger charge is 2.51. The number of carbonyl (C=O) groups excluding carboxylic acids is 4. The van der Waals surface area contributed by atoms with Crippen LogP contribution < -0.4 is 30.5 Å². The number of imide groups is 1. The van der Waals surface area contributed by atoms with Crippen molar-refractivity contribution in [2.75, 3.05) is 46.8 Å². The molecule has 312 valence electrons. The third kappa shape index (κ3) is 9.47. The molecular formula is C41H44F4N8O5S. The van der Waals surface area contributed by atoms with Crippen molar-refractivity contribution in [1.82, 2.24) is 15.2 Å². The van der Waals surface area contributed by atoms with Crippen molar-refractivity contribution in [3.63, 3.8) is 0 Å². The molecule has 0 radical (unpaired) electrons. The molecule has 59 heavy (non-hydrogen) atoms. The molecule has 0 saturated carbocycles. The van der Waals surface area contributed by atoms with Gasteiger partial charge in [0.2, 0.25) is 17.7 Å². The summed E-state index contributed by atoms with van der Waals surface area (Å²) in [7, 11) is 0. The quantitative estimate of drug-likeness (QED) is 0.103. The lowest BCUT2D eigenvalue weighted by atomic mass is 9.93. The summed E-state index contributed by atoms with van der Waals surface area (Å²) < 4.78 is 61.2. The minimum atomic E-state index is -4.89. The minimum Gasteiger partial charge on any atom is -0.493 e. The molecule has 3 saturated heterocycles. The lowest BCUT2D eigenvalue weighted by Crippen LogP contribution is -2.47. The van der Waals surface area contributed by atoms with Gasteiger partial charge in [0.1, 0.15) is 23.4 Å². The number of benzene rings is 2. The predicted octanol–water partition coefficient (Wildman–Crippen LogP) is 6.13. The number of amides is 4. The largest absolute Gasteiger partial charge is 0.493 e. The van der Waals surface area contributed by atoms with E-state index in [0.29, 0.717) is 66.5 Å². The van der Waals surface area contributed by atoms with Gasteiger partial charge in [-0.3, -0.25) is 38.7 Å². The first-order chi connectivity index (χ1) is 28.0. The summed E-state index contributed by atoms with van der Waals surface area (Å²) >= 11 is 5.64. The number of halogens is 4. The molecule has 0 spiro atoms. The Morgan fingerprint density at radius 2 is 1.81 bits per heavy atom. The fourth-order valence-electron chi connectivity index (χ4n) is 7.58. The van der Waals surface area contributed by atoms with E-state index in [-0.39, 0.29) is 41.4 Å². The van der Waals surface area contributed by atoms with Crippen LogP contribution in [0.4, 0.5) is 40.3 Å². The number of ether oxygens (including phenoxy) is 1. The first-order valence-corrected chi connectivity index (χ1v) is 19.7. The second kappa shape index (κ2) is 17.7. The van der Waals surface area contributed by atoms with Gasteiger partial charge in [0.25, 0.3) is 5.91 Å². The molecule has 0 bridgehead atoms. The van der Waals surface area contributed by atoms with Gasteiger partial charge in [0.05, 0.1) is 36.8 Å². The molecule has 4 heterocycles. The number of nitrogens with one attached hydrogen (secondary N) is 3. The van der Waals surface area contributed by atoms with Crippen LogP contribution in [0.5, 0.6) is 5.75 Å². The number of nitriles is 1.